The monoisotopic (exact) mass is 251 g/mol. The number of carboxylic acid groups (broad SMARTS) is 1. The molecule has 0 bridgehead atoms. The fraction of sp³-hybridized carbons (Fsp3) is 0.500. The maximum atomic E-state index is 11.1. The number of carboxylic acids is 1. The van der Waals surface area contributed by atoms with E-state index in [0.29, 0.717) is 0 Å². The lowest BCUT2D eigenvalue weighted by molar-refractivity contribution is -0.141. The van der Waals surface area contributed by atoms with E-state index >= 15 is 0 Å². The Morgan fingerprint density at radius 1 is 1.22 bits per heavy atom. The molecular formula is C14H21NO3. The summed E-state index contributed by atoms with van der Waals surface area (Å²) in [4.78, 5) is 11.1. The van der Waals surface area contributed by atoms with E-state index in [1.54, 1.807) is 14.0 Å². The molecule has 0 saturated carbocycles. The molecule has 0 aromatic heterocycles. The zero-order valence-corrected chi connectivity index (χ0v) is 11.3. The number of carbonyl (C=O) groups is 1. The number of methoxy groups -OCH3 is 1. The molecule has 0 aliphatic heterocycles. The van der Waals surface area contributed by atoms with Crippen LogP contribution >= 0.6 is 0 Å². The molecular weight excluding hydrogens is 230 g/mol. The predicted octanol–water partition coefficient (Wildman–Crippen LogP) is 2.85. The summed E-state index contributed by atoms with van der Waals surface area (Å²) in [6.45, 7) is 5.75. The molecule has 0 unspecified atom stereocenters. The third-order valence-corrected chi connectivity index (χ3v) is 3.07. The zero-order valence-electron chi connectivity index (χ0n) is 11.3. The maximum Gasteiger partial charge on any atom is 0.308 e. The number of aliphatic carboxylic acids is 1. The molecule has 0 fully saturated rings. The molecule has 2 atom stereocenters. The first-order valence-electron chi connectivity index (χ1n) is 6.09. The van der Waals surface area contributed by atoms with Gasteiger partial charge in [0.2, 0.25) is 0 Å². The van der Waals surface area contributed by atoms with E-state index in [0.717, 1.165) is 11.4 Å². The Morgan fingerprint density at radius 3 is 2.17 bits per heavy atom. The van der Waals surface area contributed by atoms with Crippen molar-refractivity contribution >= 4 is 11.7 Å². The molecule has 0 amide bonds. The number of nitrogens with one attached hydrogen (secondary N) is 1. The van der Waals surface area contributed by atoms with Crippen molar-refractivity contribution in [1.29, 1.82) is 0 Å². The Labute approximate surface area is 108 Å². The van der Waals surface area contributed by atoms with Crippen LogP contribution < -0.4 is 10.1 Å². The molecule has 0 saturated heterocycles. The molecule has 0 aliphatic carbocycles. The second-order valence-corrected chi connectivity index (χ2v) is 4.77. The van der Waals surface area contributed by atoms with E-state index < -0.39 is 11.9 Å². The molecule has 18 heavy (non-hydrogen) atoms. The summed E-state index contributed by atoms with van der Waals surface area (Å²) in [6, 6.07) is 7.39. The highest BCUT2D eigenvalue weighted by Gasteiger charge is 2.26. The molecule has 2 N–H and O–H groups in total. The van der Waals surface area contributed by atoms with Crippen LogP contribution in [0.3, 0.4) is 0 Å². The van der Waals surface area contributed by atoms with Crippen molar-refractivity contribution in [2.24, 2.45) is 11.8 Å². The quantitative estimate of drug-likeness (QED) is 0.816. The highest BCUT2D eigenvalue weighted by atomic mass is 16.5. The number of rotatable bonds is 6. The van der Waals surface area contributed by atoms with Crippen LogP contribution in [0.4, 0.5) is 5.69 Å². The van der Waals surface area contributed by atoms with Gasteiger partial charge in [0.05, 0.1) is 13.0 Å². The minimum Gasteiger partial charge on any atom is -0.497 e. The van der Waals surface area contributed by atoms with E-state index in [4.69, 9.17) is 9.84 Å². The van der Waals surface area contributed by atoms with Gasteiger partial charge in [0, 0.05) is 11.7 Å². The van der Waals surface area contributed by atoms with Crippen LogP contribution in [0.25, 0.3) is 0 Å². The number of ether oxygens (including phenoxy) is 1. The smallest absolute Gasteiger partial charge is 0.308 e. The lowest BCUT2D eigenvalue weighted by atomic mass is 9.91. The average Bonchev–Trinajstić information content (AvgIpc) is 2.35. The van der Waals surface area contributed by atoms with Crippen LogP contribution in [0.1, 0.15) is 20.8 Å². The van der Waals surface area contributed by atoms with Gasteiger partial charge < -0.3 is 15.2 Å². The molecule has 1 aromatic carbocycles. The van der Waals surface area contributed by atoms with E-state index in [9.17, 15) is 4.79 Å². The van der Waals surface area contributed by atoms with E-state index in [1.165, 1.54) is 0 Å². The second kappa shape index (κ2) is 6.28. The summed E-state index contributed by atoms with van der Waals surface area (Å²) in [5.74, 6) is -0.201. The van der Waals surface area contributed by atoms with Crippen LogP contribution in [-0.4, -0.2) is 24.2 Å². The number of hydrogen-bond acceptors (Lipinski definition) is 3. The van der Waals surface area contributed by atoms with Crippen molar-refractivity contribution in [3.05, 3.63) is 24.3 Å². The van der Waals surface area contributed by atoms with Gasteiger partial charge in [-0.3, -0.25) is 4.79 Å². The van der Waals surface area contributed by atoms with Gasteiger partial charge in [0.1, 0.15) is 5.75 Å². The minimum atomic E-state index is -0.783. The topological polar surface area (TPSA) is 58.6 Å². The minimum absolute atomic E-state index is 0.101. The van der Waals surface area contributed by atoms with Gasteiger partial charge in [0.25, 0.3) is 0 Å². The number of benzene rings is 1. The van der Waals surface area contributed by atoms with Crippen LogP contribution in [0, 0.1) is 11.8 Å². The molecule has 100 valence electrons. The van der Waals surface area contributed by atoms with Gasteiger partial charge in [-0.1, -0.05) is 13.8 Å². The van der Waals surface area contributed by atoms with Gasteiger partial charge in [-0.2, -0.15) is 0 Å². The SMILES string of the molecule is COc1ccc(N[C@H](C(C)C)[C@@H](C)C(=O)O)cc1. The standard InChI is InChI=1S/C14H21NO3/c1-9(2)13(10(3)14(16)17)15-11-5-7-12(18-4)8-6-11/h5-10,13,15H,1-4H3,(H,16,17)/t10-,13-/m1/s1. The van der Waals surface area contributed by atoms with Crippen molar-refractivity contribution in [2.45, 2.75) is 26.8 Å². The Kier molecular flexibility index (Phi) is 5.01. The normalized spacial score (nSPS) is 14.1. The predicted molar refractivity (Wildman–Crippen MR) is 72.0 cm³/mol. The first-order chi connectivity index (χ1) is 8.45. The van der Waals surface area contributed by atoms with Gasteiger partial charge in [-0.05, 0) is 37.1 Å². The summed E-state index contributed by atoms with van der Waals surface area (Å²) >= 11 is 0. The first-order valence-corrected chi connectivity index (χ1v) is 6.09. The van der Waals surface area contributed by atoms with Gasteiger partial charge in [-0.15, -0.1) is 0 Å². The van der Waals surface area contributed by atoms with E-state index in [2.05, 4.69) is 5.32 Å². The van der Waals surface area contributed by atoms with Crippen molar-refractivity contribution in [2.75, 3.05) is 12.4 Å². The zero-order chi connectivity index (χ0) is 13.7. The molecule has 0 heterocycles. The van der Waals surface area contributed by atoms with Crippen molar-refractivity contribution < 1.29 is 14.6 Å². The largest absolute Gasteiger partial charge is 0.497 e. The molecule has 4 heteroatoms. The van der Waals surface area contributed by atoms with Crippen LogP contribution in [0.2, 0.25) is 0 Å². The highest BCUT2D eigenvalue weighted by Crippen LogP contribution is 2.21. The fourth-order valence-corrected chi connectivity index (χ4v) is 1.90. The number of anilines is 1. The van der Waals surface area contributed by atoms with Crippen molar-refractivity contribution in [1.82, 2.24) is 0 Å². The highest BCUT2D eigenvalue weighted by molar-refractivity contribution is 5.71. The third-order valence-electron chi connectivity index (χ3n) is 3.07. The van der Waals surface area contributed by atoms with Gasteiger partial charge in [0.15, 0.2) is 0 Å². The molecule has 0 spiro atoms. The molecule has 0 aliphatic rings. The molecule has 0 radical (unpaired) electrons. The Bertz CT molecular complexity index is 387. The maximum absolute atomic E-state index is 11.1. The first kappa shape index (κ1) is 14.4. The van der Waals surface area contributed by atoms with Crippen LogP contribution in [0.15, 0.2) is 24.3 Å². The van der Waals surface area contributed by atoms with Gasteiger partial charge in [-0.25, -0.2) is 0 Å². The Hall–Kier alpha value is -1.71. The Morgan fingerprint density at radius 2 is 1.78 bits per heavy atom. The van der Waals surface area contributed by atoms with Crippen molar-refractivity contribution in [3.8, 4) is 5.75 Å². The van der Waals surface area contributed by atoms with Gasteiger partial charge >= 0.3 is 5.97 Å². The second-order valence-electron chi connectivity index (χ2n) is 4.77. The van der Waals surface area contributed by atoms with E-state index in [1.807, 2.05) is 38.1 Å². The summed E-state index contributed by atoms with van der Waals surface area (Å²) in [5, 5.41) is 12.4. The summed E-state index contributed by atoms with van der Waals surface area (Å²) in [6.07, 6.45) is 0. The average molecular weight is 251 g/mol. The summed E-state index contributed by atoms with van der Waals surface area (Å²) < 4.78 is 5.09. The van der Waals surface area contributed by atoms with Crippen LogP contribution in [-0.2, 0) is 4.79 Å². The molecule has 4 nitrogen and oxygen atoms in total. The lowest BCUT2D eigenvalue weighted by Gasteiger charge is -2.27. The molecule has 1 aromatic rings. The van der Waals surface area contributed by atoms with Crippen LogP contribution in [0.5, 0.6) is 5.75 Å². The Balaban J connectivity index is 2.79. The summed E-state index contributed by atoms with van der Waals surface area (Å²) in [7, 11) is 1.62. The third kappa shape index (κ3) is 3.65. The summed E-state index contributed by atoms with van der Waals surface area (Å²) in [5.41, 5.74) is 0.905. The fourth-order valence-electron chi connectivity index (χ4n) is 1.90. The number of hydrogen-bond donors (Lipinski definition) is 2. The molecule has 1 rings (SSSR count). The van der Waals surface area contributed by atoms with Crippen molar-refractivity contribution in [3.63, 3.8) is 0 Å². The lowest BCUT2D eigenvalue weighted by Crippen LogP contribution is -2.36. The van der Waals surface area contributed by atoms with E-state index in [-0.39, 0.29) is 12.0 Å².